The molecule has 0 spiro atoms. The van der Waals surface area contributed by atoms with Crippen molar-refractivity contribution >= 4 is 39.1 Å². The lowest BCUT2D eigenvalue weighted by Gasteiger charge is -2.12. The number of anilines is 1. The second-order valence-electron chi connectivity index (χ2n) is 5.72. The molecule has 0 N–H and O–H groups in total. The summed E-state index contributed by atoms with van der Waals surface area (Å²) in [5, 5.41) is 4.85. The first kappa shape index (κ1) is 14.5. The summed E-state index contributed by atoms with van der Waals surface area (Å²) in [5.41, 5.74) is 2.52. The van der Waals surface area contributed by atoms with Gasteiger partial charge in [0.15, 0.2) is 0 Å². The molecule has 23 heavy (non-hydrogen) atoms. The molecular formula is C20H17NS2. The zero-order valence-electron chi connectivity index (χ0n) is 13.1. The maximum atomic E-state index is 2.23. The monoisotopic (exact) mass is 335 g/mol. The Kier molecular flexibility index (Phi) is 3.68. The molecule has 0 fully saturated rings. The summed E-state index contributed by atoms with van der Waals surface area (Å²) in [6.45, 7) is 0. The number of hydrogen-bond acceptors (Lipinski definition) is 3. The van der Waals surface area contributed by atoms with Crippen molar-refractivity contribution in [2.75, 3.05) is 19.0 Å². The van der Waals surface area contributed by atoms with Gasteiger partial charge in [-0.1, -0.05) is 42.5 Å². The standard InChI is InChI=1S/C20H17NS2/c1-21(2)15-11-9-14(10-12-15)19-16-6-3-4-7-17(16)20(23-19)18-8-5-13-22-18/h3-13H,1-2H3. The van der Waals surface area contributed by atoms with Gasteiger partial charge in [-0.25, -0.2) is 0 Å². The molecule has 0 atom stereocenters. The van der Waals surface area contributed by atoms with Crippen molar-refractivity contribution in [1.29, 1.82) is 0 Å². The minimum atomic E-state index is 1.23. The minimum absolute atomic E-state index is 1.23. The van der Waals surface area contributed by atoms with Crippen LogP contribution in [-0.4, -0.2) is 14.1 Å². The Morgan fingerprint density at radius 3 is 2.04 bits per heavy atom. The van der Waals surface area contributed by atoms with Gasteiger partial charge in [0.2, 0.25) is 0 Å². The molecule has 0 aliphatic heterocycles. The van der Waals surface area contributed by atoms with E-state index in [1.54, 1.807) is 0 Å². The Balaban J connectivity index is 1.90. The van der Waals surface area contributed by atoms with Gasteiger partial charge >= 0.3 is 0 Å². The van der Waals surface area contributed by atoms with Crippen molar-refractivity contribution in [3.05, 3.63) is 66.0 Å². The van der Waals surface area contributed by atoms with E-state index in [-0.39, 0.29) is 0 Å². The molecule has 0 saturated heterocycles. The largest absolute Gasteiger partial charge is 0.378 e. The maximum Gasteiger partial charge on any atom is 0.0527 e. The molecule has 2 aromatic carbocycles. The van der Waals surface area contributed by atoms with E-state index in [0.29, 0.717) is 0 Å². The van der Waals surface area contributed by atoms with Crippen molar-refractivity contribution in [2.45, 2.75) is 0 Å². The van der Waals surface area contributed by atoms with Gasteiger partial charge in [-0.15, -0.1) is 22.7 Å². The smallest absolute Gasteiger partial charge is 0.0527 e. The van der Waals surface area contributed by atoms with Crippen LogP contribution in [0.25, 0.3) is 31.0 Å². The fourth-order valence-electron chi connectivity index (χ4n) is 2.81. The van der Waals surface area contributed by atoms with Gasteiger partial charge in [-0.3, -0.25) is 0 Å². The molecule has 0 unspecified atom stereocenters. The van der Waals surface area contributed by atoms with Gasteiger partial charge < -0.3 is 4.90 Å². The molecule has 3 heteroatoms. The highest BCUT2D eigenvalue weighted by atomic mass is 32.1. The van der Waals surface area contributed by atoms with Gasteiger partial charge in [-0.05, 0) is 29.1 Å². The molecule has 0 aliphatic carbocycles. The van der Waals surface area contributed by atoms with Crippen molar-refractivity contribution in [3.8, 4) is 20.2 Å². The predicted octanol–water partition coefficient (Wildman–Crippen LogP) is 6.36. The van der Waals surface area contributed by atoms with Crippen LogP contribution in [0.3, 0.4) is 0 Å². The van der Waals surface area contributed by atoms with Crippen LogP contribution in [0.2, 0.25) is 0 Å². The first-order valence-corrected chi connectivity index (χ1v) is 9.27. The average molecular weight is 335 g/mol. The van der Waals surface area contributed by atoms with Crippen LogP contribution in [0.5, 0.6) is 0 Å². The SMILES string of the molecule is CN(C)c1ccc(-c2sc(-c3cccs3)c3ccccc23)cc1. The van der Waals surface area contributed by atoms with Crippen molar-refractivity contribution in [2.24, 2.45) is 0 Å². The lowest BCUT2D eigenvalue weighted by molar-refractivity contribution is 1.13. The molecule has 0 aliphatic rings. The van der Waals surface area contributed by atoms with Gasteiger partial charge in [0.05, 0.1) is 4.88 Å². The lowest BCUT2D eigenvalue weighted by atomic mass is 10.1. The minimum Gasteiger partial charge on any atom is -0.378 e. The van der Waals surface area contributed by atoms with E-state index < -0.39 is 0 Å². The van der Waals surface area contributed by atoms with Crippen LogP contribution >= 0.6 is 22.7 Å². The number of thiophene rings is 2. The highest BCUT2D eigenvalue weighted by Gasteiger charge is 2.14. The molecule has 4 aromatic rings. The van der Waals surface area contributed by atoms with Gasteiger partial charge in [0, 0.05) is 40.3 Å². The first-order chi connectivity index (χ1) is 11.2. The predicted molar refractivity (Wildman–Crippen MR) is 105 cm³/mol. The zero-order chi connectivity index (χ0) is 15.8. The number of hydrogen-bond donors (Lipinski definition) is 0. The summed E-state index contributed by atoms with van der Waals surface area (Å²) in [6, 6.07) is 21.9. The van der Waals surface area contributed by atoms with E-state index in [9.17, 15) is 0 Å². The van der Waals surface area contributed by atoms with Gasteiger partial charge in [-0.2, -0.15) is 0 Å². The van der Waals surface area contributed by atoms with E-state index in [1.807, 2.05) is 22.7 Å². The summed E-state index contributed by atoms with van der Waals surface area (Å²) < 4.78 is 0. The van der Waals surface area contributed by atoms with Crippen LogP contribution < -0.4 is 4.90 Å². The van der Waals surface area contributed by atoms with Crippen LogP contribution in [0, 0.1) is 0 Å². The molecule has 114 valence electrons. The second-order valence-corrected chi connectivity index (χ2v) is 7.69. The summed E-state index contributed by atoms with van der Waals surface area (Å²) in [5.74, 6) is 0. The molecule has 0 amide bonds. The Labute approximate surface area is 144 Å². The number of benzene rings is 2. The average Bonchev–Trinajstić information content (AvgIpc) is 3.22. The number of fused-ring (bicyclic) bond motifs is 1. The Morgan fingerprint density at radius 2 is 1.43 bits per heavy atom. The molecule has 4 rings (SSSR count). The number of nitrogens with zero attached hydrogens (tertiary/aromatic N) is 1. The highest BCUT2D eigenvalue weighted by molar-refractivity contribution is 7.25. The molecule has 2 heterocycles. The molecule has 0 saturated carbocycles. The zero-order valence-corrected chi connectivity index (χ0v) is 14.7. The Morgan fingerprint density at radius 1 is 0.739 bits per heavy atom. The number of rotatable bonds is 3. The van der Waals surface area contributed by atoms with Gasteiger partial charge in [0.1, 0.15) is 0 Å². The third-order valence-corrected chi connectivity index (χ3v) is 6.33. The van der Waals surface area contributed by atoms with Gasteiger partial charge in [0.25, 0.3) is 0 Å². The second kappa shape index (κ2) is 5.84. The van der Waals surface area contributed by atoms with Crippen molar-refractivity contribution < 1.29 is 0 Å². The third-order valence-electron chi connectivity index (χ3n) is 4.01. The quantitative estimate of drug-likeness (QED) is 0.421. The van der Waals surface area contributed by atoms with E-state index in [2.05, 4.69) is 85.0 Å². The van der Waals surface area contributed by atoms with E-state index >= 15 is 0 Å². The normalized spacial score (nSPS) is 11.0. The van der Waals surface area contributed by atoms with Crippen LogP contribution in [0.4, 0.5) is 5.69 Å². The Hall–Kier alpha value is -2.10. The van der Waals surface area contributed by atoms with Crippen LogP contribution in [0.15, 0.2) is 66.0 Å². The van der Waals surface area contributed by atoms with Crippen LogP contribution in [-0.2, 0) is 0 Å². The third kappa shape index (κ3) is 2.56. The highest BCUT2D eigenvalue weighted by Crippen LogP contribution is 2.45. The summed E-state index contributed by atoms with van der Waals surface area (Å²) in [6.07, 6.45) is 0. The van der Waals surface area contributed by atoms with Crippen LogP contribution in [0.1, 0.15) is 0 Å². The van der Waals surface area contributed by atoms with Crippen molar-refractivity contribution in [1.82, 2.24) is 0 Å². The molecule has 0 bridgehead atoms. The molecule has 0 radical (unpaired) electrons. The lowest BCUT2D eigenvalue weighted by Crippen LogP contribution is -2.07. The summed E-state index contributed by atoms with van der Waals surface area (Å²) in [4.78, 5) is 6.21. The Bertz CT molecular complexity index is 932. The van der Waals surface area contributed by atoms with Crippen molar-refractivity contribution in [3.63, 3.8) is 0 Å². The summed E-state index contributed by atoms with van der Waals surface area (Å²) in [7, 11) is 4.15. The van der Waals surface area contributed by atoms with E-state index in [1.165, 1.54) is 36.7 Å². The van der Waals surface area contributed by atoms with E-state index in [0.717, 1.165) is 0 Å². The molecule has 1 nitrogen and oxygen atoms in total. The topological polar surface area (TPSA) is 3.24 Å². The summed E-state index contributed by atoms with van der Waals surface area (Å²) >= 11 is 3.70. The molecule has 2 aromatic heterocycles. The first-order valence-electron chi connectivity index (χ1n) is 7.57. The molecular weight excluding hydrogens is 318 g/mol. The maximum absolute atomic E-state index is 2.23. The van der Waals surface area contributed by atoms with E-state index in [4.69, 9.17) is 0 Å². The fraction of sp³-hybridized carbons (Fsp3) is 0.100. The fourth-order valence-corrected chi connectivity index (χ4v) is 4.96.